The number of aliphatic imine (C=N–C) groups is 1. The van der Waals surface area contributed by atoms with Crippen LogP contribution in [0.15, 0.2) is 41.2 Å². The van der Waals surface area contributed by atoms with Crippen molar-refractivity contribution in [3.63, 3.8) is 0 Å². The molecule has 2 unspecified atom stereocenters. The van der Waals surface area contributed by atoms with Crippen LogP contribution in [0, 0.1) is 0 Å². The van der Waals surface area contributed by atoms with Gasteiger partial charge in [0, 0.05) is 30.5 Å². The summed E-state index contributed by atoms with van der Waals surface area (Å²) in [6, 6.07) is 6.38. The minimum atomic E-state index is -0.540. The topological polar surface area (TPSA) is 59.5 Å². The molecule has 3 aliphatic rings. The molecule has 1 aromatic rings. The third kappa shape index (κ3) is 2.85. The second-order valence-corrected chi connectivity index (χ2v) is 7.79. The van der Waals surface area contributed by atoms with Gasteiger partial charge in [-0.2, -0.15) is 0 Å². The third-order valence-corrected chi connectivity index (χ3v) is 5.89. The molecule has 3 aliphatic heterocycles. The number of hydrogen-bond acceptors (Lipinski definition) is 5. The van der Waals surface area contributed by atoms with Gasteiger partial charge in [0.1, 0.15) is 0 Å². The van der Waals surface area contributed by atoms with Crippen LogP contribution in [0.25, 0.3) is 0 Å². The lowest BCUT2D eigenvalue weighted by Crippen LogP contribution is -2.63. The van der Waals surface area contributed by atoms with Gasteiger partial charge in [-0.15, -0.1) is 0 Å². The highest BCUT2D eigenvalue weighted by atomic mass is 35.5. The minimum absolute atomic E-state index is 0.149. The van der Waals surface area contributed by atoms with Crippen LogP contribution in [0.2, 0.25) is 5.02 Å². The summed E-state index contributed by atoms with van der Waals surface area (Å²) in [6.07, 6.45) is 3.57. The van der Waals surface area contributed by atoms with E-state index in [9.17, 15) is 9.59 Å². The number of nitrogens with zero attached hydrogens (tertiary/aromatic N) is 5. The maximum Gasteiger partial charge on any atom is 0.328 e. The Morgan fingerprint density at radius 1 is 1.18 bits per heavy atom. The molecule has 0 aromatic heterocycles. The Morgan fingerprint density at radius 2 is 1.93 bits per heavy atom. The van der Waals surface area contributed by atoms with Crippen molar-refractivity contribution in [2.24, 2.45) is 4.99 Å². The summed E-state index contributed by atoms with van der Waals surface area (Å²) in [5.74, 6) is 0.515. The number of urea groups is 1. The number of likely N-dealkylation sites (N-methyl/N-ethyl adjacent to an activating group) is 1. The molecule has 1 aromatic carbocycles. The van der Waals surface area contributed by atoms with Gasteiger partial charge in [0.15, 0.2) is 12.2 Å². The van der Waals surface area contributed by atoms with Crippen LogP contribution in [0.3, 0.4) is 0 Å². The van der Waals surface area contributed by atoms with Gasteiger partial charge in [-0.05, 0) is 25.0 Å². The van der Waals surface area contributed by atoms with Crippen molar-refractivity contribution in [1.29, 1.82) is 0 Å². The van der Waals surface area contributed by atoms with E-state index in [1.165, 1.54) is 4.90 Å². The first kappa shape index (κ1) is 18.8. The van der Waals surface area contributed by atoms with E-state index in [4.69, 9.17) is 16.6 Å². The normalized spacial score (nSPS) is 23.9. The van der Waals surface area contributed by atoms with Crippen molar-refractivity contribution < 1.29 is 9.59 Å². The smallest absolute Gasteiger partial charge is 0.315 e. The number of benzene rings is 1. The molecular formula is C20H24ClN5O2. The number of amides is 3. The Kier molecular flexibility index (Phi) is 4.79. The summed E-state index contributed by atoms with van der Waals surface area (Å²) in [4.78, 5) is 37.8. The first-order chi connectivity index (χ1) is 13.4. The predicted molar refractivity (Wildman–Crippen MR) is 107 cm³/mol. The van der Waals surface area contributed by atoms with E-state index in [-0.39, 0.29) is 18.5 Å². The zero-order valence-corrected chi connectivity index (χ0v) is 17.1. The third-order valence-electron chi connectivity index (χ3n) is 5.52. The van der Waals surface area contributed by atoms with Crippen molar-refractivity contribution in [1.82, 2.24) is 19.6 Å². The fourth-order valence-electron chi connectivity index (χ4n) is 3.94. The Balaban J connectivity index is 1.62. The Labute approximate surface area is 169 Å². The second-order valence-electron chi connectivity index (χ2n) is 7.38. The number of fused-ring (bicyclic) bond motifs is 3. The number of hydrogen-bond donors (Lipinski definition) is 0. The summed E-state index contributed by atoms with van der Waals surface area (Å²) < 4.78 is 0. The number of allylic oxidation sites excluding steroid dienone is 1. The molecule has 8 heteroatoms. The van der Waals surface area contributed by atoms with Gasteiger partial charge in [0.2, 0.25) is 5.96 Å². The quantitative estimate of drug-likeness (QED) is 0.760. The standard InChI is InChI=1S/C20H24ClN5O2/c1-4-5-10-24-13(2)11-25-16-17(22-19(24)25)23(3)20(28)26(18(16)27)12-14-8-6-7-9-15(14)21/h6-9,11,16-17H,4-5,10,12H2,1-3H3. The molecule has 0 aliphatic carbocycles. The molecule has 0 spiro atoms. The highest BCUT2D eigenvalue weighted by molar-refractivity contribution is 6.31. The number of imide groups is 1. The molecule has 2 atom stereocenters. The molecule has 0 bridgehead atoms. The summed E-state index contributed by atoms with van der Waals surface area (Å²) in [5, 5.41) is 0.541. The van der Waals surface area contributed by atoms with Gasteiger partial charge < -0.3 is 14.7 Å². The van der Waals surface area contributed by atoms with Gasteiger partial charge in [-0.25, -0.2) is 9.79 Å². The van der Waals surface area contributed by atoms with E-state index in [2.05, 4.69) is 11.8 Å². The molecule has 148 valence electrons. The predicted octanol–water partition coefficient (Wildman–Crippen LogP) is 3.08. The number of halogens is 1. The van der Waals surface area contributed by atoms with Crippen molar-refractivity contribution in [3.05, 3.63) is 46.7 Å². The van der Waals surface area contributed by atoms with E-state index < -0.39 is 12.2 Å². The number of carbonyl (C=O) groups excluding carboxylic acids is 2. The van der Waals surface area contributed by atoms with Crippen LogP contribution >= 0.6 is 11.6 Å². The highest BCUT2D eigenvalue weighted by Crippen LogP contribution is 2.34. The van der Waals surface area contributed by atoms with Gasteiger partial charge in [0.25, 0.3) is 5.91 Å². The van der Waals surface area contributed by atoms with Gasteiger partial charge in [0.05, 0.1) is 6.54 Å². The molecule has 0 N–H and O–H groups in total. The summed E-state index contributed by atoms with van der Waals surface area (Å²) >= 11 is 6.25. The maximum absolute atomic E-state index is 13.3. The first-order valence-corrected chi connectivity index (χ1v) is 9.95. The van der Waals surface area contributed by atoms with E-state index >= 15 is 0 Å². The fraction of sp³-hybridized carbons (Fsp3) is 0.450. The highest BCUT2D eigenvalue weighted by Gasteiger charge is 2.54. The van der Waals surface area contributed by atoms with Crippen LogP contribution in [-0.4, -0.2) is 63.3 Å². The lowest BCUT2D eigenvalue weighted by molar-refractivity contribution is -0.137. The van der Waals surface area contributed by atoms with E-state index in [1.807, 2.05) is 36.2 Å². The van der Waals surface area contributed by atoms with Crippen LogP contribution in [-0.2, 0) is 11.3 Å². The lowest BCUT2D eigenvalue weighted by Gasteiger charge is -2.40. The fourth-order valence-corrected chi connectivity index (χ4v) is 4.13. The molecule has 7 nitrogen and oxygen atoms in total. The molecule has 0 radical (unpaired) electrons. The SMILES string of the molecule is CCCCN1C(C)=CN2C1=NC1C2C(=O)N(Cc2ccccc2Cl)C(=O)N1C. The van der Waals surface area contributed by atoms with Gasteiger partial charge in [-0.1, -0.05) is 43.1 Å². The van der Waals surface area contributed by atoms with Crippen molar-refractivity contribution in [2.45, 2.75) is 45.4 Å². The van der Waals surface area contributed by atoms with Gasteiger partial charge in [-0.3, -0.25) is 9.69 Å². The molecule has 1 saturated heterocycles. The summed E-state index contributed by atoms with van der Waals surface area (Å²) in [5.41, 5.74) is 1.81. The molecule has 28 heavy (non-hydrogen) atoms. The van der Waals surface area contributed by atoms with Crippen molar-refractivity contribution in [2.75, 3.05) is 13.6 Å². The van der Waals surface area contributed by atoms with E-state index in [0.29, 0.717) is 5.02 Å². The first-order valence-electron chi connectivity index (χ1n) is 9.57. The maximum atomic E-state index is 13.3. The molecule has 4 rings (SSSR count). The van der Waals surface area contributed by atoms with E-state index in [0.717, 1.165) is 36.6 Å². The number of unbranched alkanes of at least 4 members (excludes halogenated alkanes) is 1. The number of carbonyl (C=O) groups is 2. The van der Waals surface area contributed by atoms with Crippen LogP contribution in [0.5, 0.6) is 0 Å². The zero-order valence-electron chi connectivity index (χ0n) is 16.3. The van der Waals surface area contributed by atoms with Gasteiger partial charge >= 0.3 is 6.03 Å². The summed E-state index contributed by atoms with van der Waals surface area (Å²) in [7, 11) is 1.70. The van der Waals surface area contributed by atoms with Crippen molar-refractivity contribution >= 4 is 29.5 Å². The Morgan fingerprint density at radius 3 is 2.64 bits per heavy atom. The largest absolute Gasteiger partial charge is 0.328 e. The van der Waals surface area contributed by atoms with E-state index in [1.54, 1.807) is 18.0 Å². The average molecular weight is 402 g/mol. The second kappa shape index (κ2) is 7.13. The van der Waals surface area contributed by atoms with Crippen LogP contribution in [0.4, 0.5) is 4.79 Å². The number of rotatable bonds is 5. The van der Waals surface area contributed by atoms with Crippen LogP contribution < -0.4 is 0 Å². The molecular weight excluding hydrogens is 378 g/mol. The summed E-state index contributed by atoms with van der Waals surface area (Å²) in [6.45, 7) is 5.17. The zero-order chi connectivity index (χ0) is 20.0. The van der Waals surface area contributed by atoms with Crippen molar-refractivity contribution in [3.8, 4) is 0 Å². The molecule has 3 heterocycles. The Bertz CT molecular complexity index is 883. The number of guanidine groups is 1. The van der Waals surface area contributed by atoms with Crippen LogP contribution in [0.1, 0.15) is 32.3 Å². The average Bonchev–Trinajstić information content (AvgIpc) is 3.18. The lowest BCUT2D eigenvalue weighted by atomic mass is 10.1. The molecule has 3 amide bonds. The molecule has 1 fully saturated rings. The Hall–Kier alpha value is -2.54. The monoisotopic (exact) mass is 401 g/mol. The minimum Gasteiger partial charge on any atom is -0.315 e. The molecule has 0 saturated carbocycles.